The van der Waals surface area contributed by atoms with E-state index in [1.54, 1.807) is 30.6 Å². The highest BCUT2D eigenvalue weighted by molar-refractivity contribution is 6.36. The highest BCUT2D eigenvalue weighted by atomic mass is 35.5. The molecule has 4 fully saturated rings. The molecule has 0 radical (unpaired) electrons. The summed E-state index contributed by atoms with van der Waals surface area (Å²) in [5, 5.41) is 16.4. The van der Waals surface area contributed by atoms with Crippen molar-refractivity contribution >= 4 is 46.4 Å². The van der Waals surface area contributed by atoms with Crippen LogP contribution in [0.3, 0.4) is 0 Å². The number of aromatic nitrogens is 3. The first-order chi connectivity index (χ1) is 25.6. The number of nitrogens with zero attached hydrogens (tertiary/aromatic N) is 4. The Morgan fingerprint density at radius 1 is 1.06 bits per heavy atom. The molecule has 0 spiro atoms. The van der Waals surface area contributed by atoms with Crippen LogP contribution in [0.1, 0.15) is 58.6 Å². The number of carbonyl (C=O) groups excluding carboxylic acids is 3. The topological polar surface area (TPSA) is 182 Å². The van der Waals surface area contributed by atoms with E-state index in [1.165, 1.54) is 24.5 Å². The van der Waals surface area contributed by atoms with Crippen molar-refractivity contribution in [3.8, 4) is 22.9 Å². The van der Waals surface area contributed by atoms with Gasteiger partial charge >= 0.3 is 12.1 Å². The van der Waals surface area contributed by atoms with Gasteiger partial charge in [-0.15, -0.1) is 6.58 Å². The minimum atomic E-state index is -1.53. The minimum Gasteiger partial charge on any atom is -0.495 e. The SMILES string of the molecule is C=C[C@@H]1C[C@]1(NC(=O)[C@@H]1C[C@@H](Oc2cc(-c3cncc(C)n3)nc3c(Cl)c(OC)ccc23)CN1C(=O)[C@@H](NC(=O)O[C@H]1C[C@@H]2C[C@@H]2C1)C(C)(C)C)C(=O)O. The molecule has 3 aromatic rings. The average Bonchev–Trinajstić information content (AvgIpc) is 3.93. The number of methoxy groups -OCH3 is 1. The van der Waals surface area contributed by atoms with Crippen molar-refractivity contribution in [1.82, 2.24) is 30.5 Å². The molecule has 1 aromatic carbocycles. The van der Waals surface area contributed by atoms with Gasteiger partial charge in [0.25, 0.3) is 0 Å². The Morgan fingerprint density at radius 2 is 1.80 bits per heavy atom. The van der Waals surface area contributed by atoms with E-state index in [0.29, 0.717) is 51.3 Å². The zero-order valence-electron chi connectivity index (χ0n) is 30.9. The Morgan fingerprint density at radius 3 is 2.43 bits per heavy atom. The number of likely N-dealkylation sites (tertiary alicyclic amines) is 1. The average molecular weight is 761 g/mol. The molecule has 3 amide bonds. The second-order valence-electron chi connectivity index (χ2n) is 16.0. The van der Waals surface area contributed by atoms with Crippen LogP contribution in [-0.2, 0) is 19.1 Å². The largest absolute Gasteiger partial charge is 0.495 e. The fraction of sp³-hybridized carbons (Fsp3) is 0.513. The van der Waals surface area contributed by atoms with E-state index in [9.17, 15) is 24.3 Å². The smallest absolute Gasteiger partial charge is 0.408 e. The van der Waals surface area contributed by atoms with Crippen LogP contribution in [0, 0.1) is 30.1 Å². The standard InChI is InChI=1S/C39H45ClN6O8/c1-7-22-15-39(22,36(49)50)45-34(47)28-13-24(18-46(28)35(48)33(38(3,4)5)44-37(51)54-23-11-20-10-21(20)12-23)53-30-14-26(27-17-41-16-19(2)42-27)43-32-25(30)8-9-29(52-6)31(32)40/h7-9,14,16-17,20-24,28,33H,1,10-13,15,18H2,2-6H3,(H,44,51)(H,45,47)(H,49,50)/t20-,21+,22-,23-,24-,28+,33-,39-/m1/s1. The van der Waals surface area contributed by atoms with Crippen LogP contribution >= 0.6 is 11.6 Å². The van der Waals surface area contributed by atoms with E-state index < -0.39 is 58.9 Å². The maximum absolute atomic E-state index is 14.6. The van der Waals surface area contributed by atoms with Gasteiger partial charge in [-0.3, -0.25) is 14.6 Å². The molecular weight excluding hydrogens is 716 g/mol. The molecule has 286 valence electrons. The summed E-state index contributed by atoms with van der Waals surface area (Å²) in [4.78, 5) is 69.3. The summed E-state index contributed by atoms with van der Waals surface area (Å²) in [5.41, 5.74) is -0.363. The maximum atomic E-state index is 14.6. The van der Waals surface area contributed by atoms with Crippen LogP contribution in [0.5, 0.6) is 11.5 Å². The molecule has 1 saturated heterocycles. The number of aryl methyl sites for hydroxylation is 1. The van der Waals surface area contributed by atoms with Crippen LogP contribution < -0.4 is 20.1 Å². The van der Waals surface area contributed by atoms with E-state index >= 15 is 0 Å². The quantitative estimate of drug-likeness (QED) is 0.221. The van der Waals surface area contributed by atoms with Gasteiger partial charge in [0.15, 0.2) is 0 Å². The number of nitrogens with one attached hydrogen (secondary N) is 2. The molecule has 7 rings (SSSR count). The number of hydrogen-bond acceptors (Lipinski definition) is 10. The molecule has 0 bridgehead atoms. The maximum Gasteiger partial charge on any atom is 0.408 e. The summed E-state index contributed by atoms with van der Waals surface area (Å²) in [5.74, 6) is -0.867. The zero-order valence-corrected chi connectivity index (χ0v) is 31.7. The number of benzene rings is 1. The fourth-order valence-corrected chi connectivity index (χ4v) is 8.21. The normalized spacial score (nSPS) is 27.4. The highest BCUT2D eigenvalue weighted by Gasteiger charge is 2.61. The fourth-order valence-electron chi connectivity index (χ4n) is 7.93. The van der Waals surface area contributed by atoms with E-state index in [0.717, 1.165) is 12.8 Å². The molecule has 14 nitrogen and oxygen atoms in total. The molecule has 15 heteroatoms. The lowest BCUT2D eigenvalue weighted by Crippen LogP contribution is -2.59. The number of fused-ring (bicyclic) bond motifs is 2. The van der Waals surface area contributed by atoms with E-state index in [4.69, 9.17) is 30.8 Å². The predicted molar refractivity (Wildman–Crippen MR) is 198 cm³/mol. The van der Waals surface area contributed by atoms with Gasteiger partial charge in [-0.05, 0) is 62.0 Å². The third-order valence-corrected chi connectivity index (χ3v) is 11.5. The molecular formula is C39H45ClN6O8. The first-order valence-electron chi connectivity index (χ1n) is 18.2. The van der Waals surface area contributed by atoms with Crippen LogP contribution in [0.25, 0.3) is 22.3 Å². The summed E-state index contributed by atoms with van der Waals surface area (Å²) in [6.07, 6.45) is 6.05. The summed E-state index contributed by atoms with van der Waals surface area (Å²) >= 11 is 6.76. The third kappa shape index (κ3) is 7.15. The van der Waals surface area contributed by atoms with Gasteiger partial charge in [-0.25, -0.2) is 19.6 Å². The van der Waals surface area contributed by atoms with Gasteiger partial charge in [-0.1, -0.05) is 38.4 Å². The van der Waals surface area contributed by atoms with Crippen LogP contribution in [0.2, 0.25) is 5.02 Å². The Kier molecular flexibility index (Phi) is 9.69. The summed E-state index contributed by atoms with van der Waals surface area (Å²) in [6.45, 7) is 10.9. The first kappa shape index (κ1) is 37.3. The van der Waals surface area contributed by atoms with Gasteiger partial charge in [0.1, 0.15) is 52.0 Å². The van der Waals surface area contributed by atoms with Crippen molar-refractivity contribution in [2.45, 2.75) is 89.6 Å². The Balaban J connectivity index is 1.21. The van der Waals surface area contributed by atoms with Gasteiger partial charge in [-0.2, -0.15) is 0 Å². The molecule has 1 aliphatic heterocycles. The number of amides is 3. The number of carbonyl (C=O) groups is 4. The molecule has 3 aliphatic carbocycles. The number of aliphatic carboxylic acids is 1. The van der Waals surface area contributed by atoms with E-state index in [-0.39, 0.29) is 30.5 Å². The van der Waals surface area contributed by atoms with Crippen LogP contribution in [0.4, 0.5) is 4.79 Å². The number of ether oxygens (including phenoxy) is 3. The highest BCUT2D eigenvalue weighted by Crippen LogP contribution is 2.52. The summed E-state index contributed by atoms with van der Waals surface area (Å²) in [6, 6.07) is 2.94. The molecule has 4 aliphatic rings. The lowest BCUT2D eigenvalue weighted by atomic mass is 9.85. The lowest BCUT2D eigenvalue weighted by molar-refractivity contribution is -0.146. The Labute approximate surface area is 318 Å². The van der Waals surface area contributed by atoms with E-state index in [1.807, 2.05) is 27.7 Å². The molecule has 0 unspecified atom stereocenters. The van der Waals surface area contributed by atoms with Crippen molar-refractivity contribution in [3.05, 3.63) is 54.0 Å². The number of rotatable bonds is 11. The monoisotopic (exact) mass is 760 g/mol. The lowest BCUT2D eigenvalue weighted by Gasteiger charge is -2.35. The minimum absolute atomic E-state index is 0.0193. The third-order valence-electron chi connectivity index (χ3n) is 11.1. The second kappa shape index (κ2) is 14.0. The molecule has 54 heavy (non-hydrogen) atoms. The summed E-state index contributed by atoms with van der Waals surface area (Å²) in [7, 11) is 1.50. The van der Waals surface area contributed by atoms with Crippen LogP contribution in [-0.4, -0.2) is 92.3 Å². The summed E-state index contributed by atoms with van der Waals surface area (Å²) < 4.78 is 17.8. The molecule has 3 heterocycles. The van der Waals surface area contributed by atoms with Gasteiger partial charge in [0.2, 0.25) is 11.8 Å². The number of hydrogen-bond donors (Lipinski definition) is 3. The number of pyridine rings is 1. The predicted octanol–water partition coefficient (Wildman–Crippen LogP) is 5.10. The number of alkyl carbamates (subject to hydrolysis) is 1. The van der Waals surface area contributed by atoms with Gasteiger partial charge in [0, 0.05) is 30.0 Å². The van der Waals surface area contributed by atoms with Crippen molar-refractivity contribution in [2.24, 2.45) is 23.2 Å². The van der Waals surface area contributed by atoms with Crippen molar-refractivity contribution in [1.29, 1.82) is 0 Å². The van der Waals surface area contributed by atoms with Gasteiger partial charge in [0.05, 0.1) is 36.8 Å². The van der Waals surface area contributed by atoms with Crippen molar-refractivity contribution in [3.63, 3.8) is 0 Å². The molecule has 3 N–H and O–H groups in total. The van der Waals surface area contributed by atoms with Gasteiger partial charge < -0.3 is 34.9 Å². The number of halogens is 1. The molecule has 3 saturated carbocycles. The Bertz CT molecular complexity index is 2030. The second-order valence-corrected chi connectivity index (χ2v) is 16.4. The van der Waals surface area contributed by atoms with E-state index in [2.05, 4.69) is 27.2 Å². The zero-order chi connectivity index (χ0) is 38.7. The van der Waals surface area contributed by atoms with Crippen molar-refractivity contribution < 1.29 is 38.5 Å². The molecule has 2 aromatic heterocycles. The Hall–Kier alpha value is -4.98. The van der Waals surface area contributed by atoms with Crippen LogP contribution in [0.15, 0.2) is 43.2 Å². The first-order valence-corrected chi connectivity index (χ1v) is 18.6. The van der Waals surface area contributed by atoms with Crippen molar-refractivity contribution in [2.75, 3.05) is 13.7 Å². The number of carboxylic acids is 1. The number of carboxylic acid groups (broad SMARTS) is 1. The molecule has 8 atom stereocenters.